The molecule has 5 N–H and O–H groups in total. The number of fused-ring (bicyclic) bond motifs is 1. The van der Waals surface area contributed by atoms with Crippen LogP contribution in [0.15, 0.2) is 77.9 Å². The van der Waals surface area contributed by atoms with Gasteiger partial charge in [-0.25, -0.2) is 9.97 Å². The quantitative estimate of drug-likeness (QED) is 0.111. The minimum Gasteiger partial charge on any atom is -0.481 e. The lowest BCUT2D eigenvalue weighted by molar-refractivity contribution is -0.122. The zero-order valence-electron chi connectivity index (χ0n) is 28.7. The van der Waals surface area contributed by atoms with Crippen LogP contribution in [0.4, 0.5) is 0 Å². The fraction of sp³-hybridized carbons (Fsp3) is 0.289. The number of aliphatic hydroxyl groups is 1. The van der Waals surface area contributed by atoms with Crippen molar-refractivity contribution in [3.05, 3.63) is 105 Å². The lowest BCUT2D eigenvalue weighted by Crippen LogP contribution is -2.35. The minimum atomic E-state index is -0.879. The topological polar surface area (TPSA) is 159 Å². The summed E-state index contributed by atoms with van der Waals surface area (Å²) in [7, 11) is 3.09. The Balaban J connectivity index is 1.21. The van der Waals surface area contributed by atoms with E-state index in [1.807, 2.05) is 48.5 Å². The second kappa shape index (κ2) is 16.7. The summed E-state index contributed by atoms with van der Waals surface area (Å²) in [5.74, 6) is 0.298. The van der Waals surface area contributed by atoms with Crippen LogP contribution < -0.4 is 31.6 Å². The molecule has 0 radical (unpaired) electrons. The molecule has 2 atom stereocenters. The molecule has 1 unspecified atom stereocenters. The molecule has 0 bridgehead atoms. The summed E-state index contributed by atoms with van der Waals surface area (Å²) in [6, 6.07) is 19.0. The van der Waals surface area contributed by atoms with Gasteiger partial charge in [0.15, 0.2) is 0 Å². The number of halogens is 2. The minimum absolute atomic E-state index is 0.0353. The van der Waals surface area contributed by atoms with E-state index >= 15 is 0 Å². The highest BCUT2D eigenvalue weighted by Crippen LogP contribution is 2.42. The van der Waals surface area contributed by atoms with E-state index in [2.05, 4.69) is 26.3 Å². The normalized spacial score (nSPS) is 14.7. The van der Waals surface area contributed by atoms with Crippen LogP contribution in [-0.2, 0) is 22.7 Å². The van der Waals surface area contributed by atoms with Crippen molar-refractivity contribution in [1.82, 2.24) is 35.6 Å². The predicted molar refractivity (Wildman–Crippen MR) is 201 cm³/mol. The van der Waals surface area contributed by atoms with Crippen molar-refractivity contribution in [3.63, 3.8) is 0 Å². The fourth-order valence-corrected chi connectivity index (χ4v) is 6.87. The van der Waals surface area contributed by atoms with Gasteiger partial charge in [0, 0.05) is 91.5 Å². The molecule has 14 heteroatoms. The number of ether oxygens (including phenoxy) is 1. The Morgan fingerprint density at radius 2 is 1.71 bits per heavy atom. The van der Waals surface area contributed by atoms with Gasteiger partial charge in [-0.05, 0) is 30.2 Å². The molecule has 1 saturated heterocycles. The van der Waals surface area contributed by atoms with Gasteiger partial charge in [0.1, 0.15) is 5.65 Å². The second-order valence-corrected chi connectivity index (χ2v) is 13.3. The van der Waals surface area contributed by atoms with Crippen LogP contribution in [0.2, 0.25) is 10.0 Å². The van der Waals surface area contributed by atoms with Crippen molar-refractivity contribution < 1.29 is 19.4 Å². The average Bonchev–Trinajstić information content (AvgIpc) is 3.57. The molecular formula is C38H39Cl2N7O5. The van der Waals surface area contributed by atoms with Crippen molar-refractivity contribution in [2.24, 2.45) is 0 Å². The van der Waals surface area contributed by atoms with Crippen LogP contribution in [-0.4, -0.2) is 70.7 Å². The van der Waals surface area contributed by atoms with E-state index in [4.69, 9.17) is 32.9 Å². The molecule has 0 aliphatic carbocycles. The van der Waals surface area contributed by atoms with Gasteiger partial charge in [-0.1, -0.05) is 65.7 Å². The van der Waals surface area contributed by atoms with Crippen LogP contribution in [0.25, 0.3) is 39.2 Å². The van der Waals surface area contributed by atoms with E-state index in [9.17, 15) is 19.5 Å². The van der Waals surface area contributed by atoms with Crippen molar-refractivity contribution in [1.29, 1.82) is 0 Å². The molecule has 3 aromatic heterocycles. The number of hydrogen-bond donors (Lipinski definition) is 5. The third kappa shape index (κ3) is 8.27. The van der Waals surface area contributed by atoms with Crippen LogP contribution in [0.5, 0.6) is 5.88 Å². The van der Waals surface area contributed by atoms with E-state index in [0.29, 0.717) is 57.9 Å². The molecule has 0 saturated carbocycles. The van der Waals surface area contributed by atoms with Crippen LogP contribution in [0.3, 0.4) is 0 Å². The fourth-order valence-electron chi connectivity index (χ4n) is 6.21. The first kappa shape index (κ1) is 36.9. The molecule has 6 rings (SSSR count). The number of benzene rings is 2. The van der Waals surface area contributed by atoms with Crippen molar-refractivity contribution in [2.75, 3.05) is 27.2 Å². The molecule has 1 fully saturated rings. The third-order valence-electron chi connectivity index (χ3n) is 8.97. The van der Waals surface area contributed by atoms with E-state index in [0.717, 1.165) is 34.2 Å². The summed E-state index contributed by atoms with van der Waals surface area (Å²) < 4.78 is 7.09. The van der Waals surface area contributed by atoms with E-state index in [1.54, 1.807) is 25.4 Å². The predicted octanol–water partition coefficient (Wildman–Crippen LogP) is 4.36. The Morgan fingerprint density at radius 1 is 1.00 bits per heavy atom. The number of carbonyl (C=O) groups is 2. The molecule has 4 heterocycles. The highest BCUT2D eigenvalue weighted by Gasteiger charge is 2.21. The number of hydrogen-bond acceptors (Lipinski definition) is 9. The number of rotatable bonds is 14. The monoisotopic (exact) mass is 743 g/mol. The summed E-state index contributed by atoms with van der Waals surface area (Å²) in [4.78, 5) is 45.5. The highest BCUT2D eigenvalue weighted by atomic mass is 35.5. The number of pyridine rings is 2. The first-order valence-electron chi connectivity index (χ1n) is 16.9. The molecule has 12 nitrogen and oxygen atoms in total. The van der Waals surface area contributed by atoms with Crippen LogP contribution in [0, 0.1) is 0 Å². The summed E-state index contributed by atoms with van der Waals surface area (Å²) in [5, 5.41) is 22.8. The van der Waals surface area contributed by atoms with E-state index in [1.165, 1.54) is 17.6 Å². The van der Waals surface area contributed by atoms with Crippen LogP contribution in [0.1, 0.15) is 30.4 Å². The maximum atomic E-state index is 13.2. The number of carbonyl (C=O) groups excluding carboxylic acids is 2. The van der Waals surface area contributed by atoms with Crippen molar-refractivity contribution in [3.8, 4) is 39.4 Å². The van der Waals surface area contributed by atoms with E-state index < -0.39 is 6.10 Å². The Morgan fingerprint density at radius 3 is 2.42 bits per heavy atom. The Kier molecular flexibility index (Phi) is 11.8. The molecule has 2 aromatic carbocycles. The number of aromatic nitrogens is 3. The molecule has 1 aliphatic rings. The van der Waals surface area contributed by atoms with Gasteiger partial charge in [-0.3, -0.25) is 18.8 Å². The number of nitrogens with zero attached hydrogens (tertiary/aromatic N) is 3. The van der Waals surface area contributed by atoms with Gasteiger partial charge in [0.25, 0.3) is 5.56 Å². The summed E-state index contributed by atoms with van der Waals surface area (Å²) in [6.45, 7) is 1.52. The molecule has 0 spiro atoms. The molecule has 52 heavy (non-hydrogen) atoms. The smallest absolute Gasteiger partial charge is 0.262 e. The zero-order chi connectivity index (χ0) is 36.8. The lowest BCUT2D eigenvalue weighted by Gasteiger charge is -2.16. The number of nitrogens with one attached hydrogen (secondary N) is 4. The summed E-state index contributed by atoms with van der Waals surface area (Å²) >= 11 is 14.2. The SMILES string of the molecule is CNC(=O)CC(O)CNCc1cnc2cc(-c3cccc(-c4cccc(-c5ccc(CNC[C@H]6CCC(=O)N6)c(OC)n5)c4Cl)c3Cl)ccn2c1=O. The van der Waals surface area contributed by atoms with Crippen molar-refractivity contribution in [2.45, 2.75) is 44.5 Å². The Bertz CT molecular complexity index is 2180. The Hall–Kier alpha value is -4.85. The van der Waals surface area contributed by atoms with Gasteiger partial charge in [0.05, 0.1) is 35.4 Å². The first-order chi connectivity index (χ1) is 25.2. The highest BCUT2D eigenvalue weighted by molar-refractivity contribution is 6.39. The van der Waals surface area contributed by atoms with Gasteiger partial charge in [-0.2, -0.15) is 0 Å². The standard InChI is InChI=1S/C38H39Cl2N7O5/c1-41-34(50)16-26(48)21-43-18-24-19-44-32-15-22(13-14-47(32)38(24)51)27-5-3-6-28(35(27)39)29-7-4-8-30(36(29)40)31-11-9-23(37(46-31)52-2)17-42-20-25-10-12-33(49)45-25/h3-9,11,13-15,19,25-26,42-43,48H,10,12,16-18,20-21H2,1-2H3,(H,41,50)(H,45,49)/t25-,26?/m1/s1. The van der Waals surface area contributed by atoms with Gasteiger partial charge >= 0.3 is 0 Å². The molecule has 5 aromatic rings. The van der Waals surface area contributed by atoms with Gasteiger partial charge in [0.2, 0.25) is 17.7 Å². The average molecular weight is 745 g/mol. The molecule has 1 aliphatic heterocycles. The van der Waals surface area contributed by atoms with Crippen LogP contribution >= 0.6 is 23.2 Å². The largest absolute Gasteiger partial charge is 0.481 e. The molecular weight excluding hydrogens is 705 g/mol. The Labute approximate surface area is 310 Å². The summed E-state index contributed by atoms with van der Waals surface area (Å²) in [5.41, 5.74) is 5.80. The number of aliphatic hydroxyl groups excluding tert-OH is 1. The zero-order valence-corrected chi connectivity index (χ0v) is 30.2. The van der Waals surface area contributed by atoms with E-state index in [-0.39, 0.29) is 42.9 Å². The van der Waals surface area contributed by atoms with Crippen molar-refractivity contribution >= 4 is 40.7 Å². The second-order valence-electron chi connectivity index (χ2n) is 12.5. The molecule has 270 valence electrons. The van der Waals surface area contributed by atoms with Gasteiger partial charge < -0.3 is 31.1 Å². The van der Waals surface area contributed by atoms with Gasteiger partial charge in [-0.15, -0.1) is 0 Å². The number of methoxy groups -OCH3 is 1. The number of amides is 2. The first-order valence-corrected chi connectivity index (χ1v) is 17.6. The third-order valence-corrected chi connectivity index (χ3v) is 9.79. The molecule has 2 amide bonds. The lowest BCUT2D eigenvalue weighted by atomic mass is 9.97. The maximum Gasteiger partial charge on any atom is 0.262 e. The maximum absolute atomic E-state index is 13.2. The summed E-state index contributed by atoms with van der Waals surface area (Å²) in [6.07, 6.45) is 3.63.